The van der Waals surface area contributed by atoms with Gasteiger partial charge in [0, 0.05) is 6.42 Å². The number of unbranched alkanes of at least 4 members (excludes halogenated alkanes) is 5. The lowest BCUT2D eigenvalue weighted by Crippen LogP contribution is -2.30. The van der Waals surface area contributed by atoms with Gasteiger partial charge in [-0.15, -0.1) is 0 Å². The van der Waals surface area contributed by atoms with Crippen LogP contribution < -0.4 is 0 Å². The molecular formula is C45H66O6. The largest absolute Gasteiger partial charge is 0.462 e. The molecule has 0 amide bonds. The summed E-state index contributed by atoms with van der Waals surface area (Å²) in [7, 11) is 0. The monoisotopic (exact) mass is 702 g/mol. The average Bonchev–Trinajstić information content (AvgIpc) is 3.12. The molecule has 0 aromatic carbocycles. The number of carbonyl (C=O) groups excluding carboxylic acids is 3. The summed E-state index contributed by atoms with van der Waals surface area (Å²) in [5, 5.41) is 0. The predicted octanol–water partition coefficient (Wildman–Crippen LogP) is 11.8. The molecule has 0 aromatic rings. The van der Waals surface area contributed by atoms with E-state index in [2.05, 4.69) is 75.5 Å². The summed E-state index contributed by atoms with van der Waals surface area (Å²) in [6, 6.07) is 0. The van der Waals surface area contributed by atoms with Gasteiger partial charge in [-0.1, -0.05) is 162 Å². The summed E-state index contributed by atoms with van der Waals surface area (Å²) in [4.78, 5) is 37.3. The van der Waals surface area contributed by atoms with Crippen LogP contribution in [0.15, 0.2) is 122 Å². The topological polar surface area (TPSA) is 78.9 Å². The molecule has 6 nitrogen and oxygen atoms in total. The van der Waals surface area contributed by atoms with Crippen LogP contribution in [0.3, 0.4) is 0 Å². The zero-order valence-corrected chi connectivity index (χ0v) is 31.8. The summed E-state index contributed by atoms with van der Waals surface area (Å²) < 4.78 is 16.3. The Morgan fingerprint density at radius 3 is 1.43 bits per heavy atom. The van der Waals surface area contributed by atoms with Gasteiger partial charge in [0.2, 0.25) is 0 Å². The number of hydrogen-bond acceptors (Lipinski definition) is 6. The molecule has 0 saturated heterocycles. The molecule has 0 aliphatic heterocycles. The summed E-state index contributed by atoms with van der Waals surface area (Å²) in [6.07, 6.45) is 52.5. The summed E-state index contributed by atoms with van der Waals surface area (Å²) in [5.74, 6) is -1.26. The molecule has 0 aliphatic carbocycles. The molecule has 0 fully saturated rings. The van der Waals surface area contributed by atoms with Crippen molar-refractivity contribution in [1.29, 1.82) is 0 Å². The van der Waals surface area contributed by atoms with Crippen molar-refractivity contribution >= 4 is 17.9 Å². The molecule has 0 bridgehead atoms. The zero-order valence-electron chi connectivity index (χ0n) is 31.8. The predicted molar refractivity (Wildman–Crippen MR) is 214 cm³/mol. The minimum Gasteiger partial charge on any atom is -0.462 e. The minimum absolute atomic E-state index is 0.0766. The van der Waals surface area contributed by atoms with Crippen molar-refractivity contribution in [3.05, 3.63) is 122 Å². The highest BCUT2D eigenvalue weighted by atomic mass is 16.6. The molecule has 0 aliphatic rings. The third-order valence-electron chi connectivity index (χ3n) is 7.10. The maximum atomic E-state index is 12.5. The molecule has 0 radical (unpaired) electrons. The number of carbonyl (C=O) groups is 3. The standard InChI is InChI=1S/C45H66O6/c1-4-7-10-13-16-19-20-21-22-23-24-27-29-32-35-38-44(47)50-41-42(51-45(48)39-36-33-30-26-18-15-12-9-6-3)40-49-43(46)37-34-31-28-25-17-14-11-8-5-2/h7-13,16-22,25-26,31,33-34,36,42H,4-6,14-15,23-24,27-30,32,35,37-41H2,1-3H3/b10-7-,11-8-,12-9-,16-13-,20-19-,22-21-,25-17-,26-18-,34-31-,36-33-. The Morgan fingerprint density at radius 2 is 0.863 bits per heavy atom. The molecule has 0 saturated carbocycles. The van der Waals surface area contributed by atoms with Crippen molar-refractivity contribution in [3.8, 4) is 0 Å². The molecule has 1 unspecified atom stereocenters. The Balaban J connectivity index is 4.59. The van der Waals surface area contributed by atoms with E-state index in [1.807, 2.05) is 54.7 Å². The van der Waals surface area contributed by atoms with Crippen LogP contribution in [-0.4, -0.2) is 37.2 Å². The highest BCUT2D eigenvalue weighted by Crippen LogP contribution is 2.09. The van der Waals surface area contributed by atoms with Gasteiger partial charge in [-0.2, -0.15) is 0 Å². The van der Waals surface area contributed by atoms with Crippen molar-refractivity contribution in [2.45, 2.75) is 130 Å². The summed E-state index contributed by atoms with van der Waals surface area (Å²) >= 11 is 0. The van der Waals surface area contributed by atoms with Crippen molar-refractivity contribution in [2.24, 2.45) is 0 Å². The Morgan fingerprint density at radius 1 is 0.431 bits per heavy atom. The van der Waals surface area contributed by atoms with Crippen LogP contribution in [-0.2, 0) is 28.6 Å². The first-order chi connectivity index (χ1) is 25.0. The summed E-state index contributed by atoms with van der Waals surface area (Å²) in [6.45, 7) is 5.98. The van der Waals surface area contributed by atoms with Crippen LogP contribution in [0, 0.1) is 0 Å². The van der Waals surface area contributed by atoms with Gasteiger partial charge >= 0.3 is 17.9 Å². The molecule has 0 heterocycles. The maximum Gasteiger partial charge on any atom is 0.310 e. The lowest BCUT2D eigenvalue weighted by atomic mass is 10.1. The average molecular weight is 703 g/mol. The number of hydrogen-bond donors (Lipinski definition) is 0. The Kier molecular flexibility index (Phi) is 35.4. The highest BCUT2D eigenvalue weighted by molar-refractivity contribution is 5.72. The smallest absolute Gasteiger partial charge is 0.310 e. The van der Waals surface area contributed by atoms with Crippen LogP contribution in [0.4, 0.5) is 0 Å². The van der Waals surface area contributed by atoms with E-state index in [4.69, 9.17) is 14.2 Å². The SMILES string of the molecule is CC\C=C/C=C\C=C/C=C\CCCCCCCC(=O)OCC(COC(=O)C/C=C\C/C=C\C/C=C\CC)OC(=O)C/C=C\C/C=C\C/C=C\CC. The number of allylic oxidation sites excluding steroid dienone is 18. The van der Waals surface area contributed by atoms with Gasteiger partial charge in [0.15, 0.2) is 6.10 Å². The van der Waals surface area contributed by atoms with Gasteiger partial charge in [-0.3, -0.25) is 14.4 Å². The molecule has 0 N–H and O–H groups in total. The normalized spacial score (nSPS) is 13.4. The van der Waals surface area contributed by atoms with Gasteiger partial charge in [0.05, 0.1) is 12.8 Å². The Labute approximate surface area is 310 Å². The van der Waals surface area contributed by atoms with Crippen LogP contribution >= 0.6 is 0 Å². The van der Waals surface area contributed by atoms with Gasteiger partial charge in [-0.25, -0.2) is 0 Å². The van der Waals surface area contributed by atoms with Crippen molar-refractivity contribution < 1.29 is 28.6 Å². The number of esters is 3. The first-order valence-corrected chi connectivity index (χ1v) is 19.1. The van der Waals surface area contributed by atoms with E-state index < -0.39 is 18.0 Å². The minimum atomic E-state index is -0.871. The van der Waals surface area contributed by atoms with Crippen molar-refractivity contribution in [2.75, 3.05) is 13.2 Å². The van der Waals surface area contributed by atoms with Crippen LogP contribution in [0.1, 0.15) is 124 Å². The van der Waals surface area contributed by atoms with Crippen molar-refractivity contribution in [1.82, 2.24) is 0 Å². The van der Waals surface area contributed by atoms with E-state index in [-0.39, 0.29) is 32.0 Å². The third kappa shape index (κ3) is 36.9. The summed E-state index contributed by atoms with van der Waals surface area (Å²) in [5.41, 5.74) is 0. The maximum absolute atomic E-state index is 12.5. The van der Waals surface area contributed by atoms with Gasteiger partial charge in [0.25, 0.3) is 0 Å². The molecule has 282 valence electrons. The van der Waals surface area contributed by atoms with E-state index in [0.29, 0.717) is 6.42 Å². The van der Waals surface area contributed by atoms with E-state index in [1.54, 1.807) is 12.2 Å². The molecule has 0 rings (SSSR count). The molecule has 0 spiro atoms. The quantitative estimate of drug-likeness (QED) is 0.0235. The van der Waals surface area contributed by atoms with E-state index in [9.17, 15) is 14.4 Å². The van der Waals surface area contributed by atoms with Crippen LogP contribution in [0.5, 0.6) is 0 Å². The highest BCUT2D eigenvalue weighted by Gasteiger charge is 2.19. The molecule has 0 aromatic heterocycles. The zero-order chi connectivity index (χ0) is 37.3. The van der Waals surface area contributed by atoms with Gasteiger partial charge in [0.1, 0.15) is 13.2 Å². The first kappa shape index (κ1) is 46.8. The van der Waals surface area contributed by atoms with Crippen molar-refractivity contribution in [3.63, 3.8) is 0 Å². The fourth-order valence-corrected chi connectivity index (χ4v) is 4.34. The lowest BCUT2D eigenvalue weighted by molar-refractivity contribution is -0.166. The fourth-order valence-electron chi connectivity index (χ4n) is 4.34. The van der Waals surface area contributed by atoms with E-state index >= 15 is 0 Å². The molecule has 51 heavy (non-hydrogen) atoms. The fraction of sp³-hybridized carbons (Fsp3) is 0.489. The lowest BCUT2D eigenvalue weighted by Gasteiger charge is -2.17. The van der Waals surface area contributed by atoms with Crippen LogP contribution in [0.2, 0.25) is 0 Å². The number of rotatable bonds is 31. The first-order valence-electron chi connectivity index (χ1n) is 19.1. The number of ether oxygens (including phenoxy) is 3. The second-order valence-corrected chi connectivity index (χ2v) is 11.8. The Hall–Kier alpha value is -4.19. The molecule has 1 atom stereocenters. The van der Waals surface area contributed by atoms with E-state index in [1.165, 1.54) is 0 Å². The second-order valence-electron chi connectivity index (χ2n) is 11.8. The van der Waals surface area contributed by atoms with Gasteiger partial charge < -0.3 is 14.2 Å². The second kappa shape index (κ2) is 38.6. The van der Waals surface area contributed by atoms with Crippen LogP contribution in [0.25, 0.3) is 0 Å². The molecule has 6 heteroatoms. The molecular weight excluding hydrogens is 636 g/mol. The van der Waals surface area contributed by atoms with Gasteiger partial charge in [-0.05, 0) is 64.2 Å². The van der Waals surface area contributed by atoms with E-state index in [0.717, 1.165) is 83.5 Å². The Bertz CT molecular complexity index is 1170. The third-order valence-corrected chi connectivity index (χ3v) is 7.10.